The average Bonchev–Trinajstić information content (AvgIpc) is 3.70. The van der Waals surface area contributed by atoms with Crippen LogP contribution in [0.25, 0.3) is 33.7 Å². The van der Waals surface area contributed by atoms with Gasteiger partial charge in [0.15, 0.2) is 12.1 Å². The fourth-order valence-corrected chi connectivity index (χ4v) is 7.42. The first-order valence-corrected chi connectivity index (χ1v) is 19.6. The molecule has 6 aromatic rings. The number of hydrogen-bond acceptors (Lipinski definition) is 9. The van der Waals surface area contributed by atoms with E-state index in [4.69, 9.17) is 24.1 Å². The average molecular weight is 770 g/mol. The third kappa shape index (κ3) is 9.99. The Bertz CT molecular complexity index is 2140. The normalized spacial score (nSPS) is 16.6. The van der Waals surface area contributed by atoms with Gasteiger partial charge >= 0.3 is 0 Å². The molecule has 0 unspecified atom stereocenters. The zero-order valence-corrected chi connectivity index (χ0v) is 31.5. The van der Waals surface area contributed by atoms with Crippen LogP contribution in [-0.2, 0) is 32.2 Å². The lowest BCUT2D eigenvalue weighted by Crippen LogP contribution is -2.31. The molecule has 2 amide bonds. The second kappa shape index (κ2) is 18.9. The smallest absolute Gasteiger partial charge is 0.256 e. The minimum Gasteiger partial charge on any atom is -0.431 e. The van der Waals surface area contributed by atoms with E-state index >= 15 is 0 Å². The number of aliphatic hydroxyl groups excluding tert-OH is 1. The van der Waals surface area contributed by atoms with Crippen molar-refractivity contribution >= 4 is 23.6 Å². The molecule has 1 saturated heterocycles. The molecule has 1 aromatic heterocycles. The third-order valence-electron chi connectivity index (χ3n) is 9.56. The zero-order valence-electron chi connectivity index (χ0n) is 30.7. The van der Waals surface area contributed by atoms with Gasteiger partial charge in [-0.2, -0.15) is 0 Å². The van der Waals surface area contributed by atoms with Gasteiger partial charge in [-0.3, -0.25) is 14.8 Å². The van der Waals surface area contributed by atoms with Crippen LogP contribution in [-0.4, -0.2) is 39.0 Å². The van der Waals surface area contributed by atoms with Crippen LogP contribution < -0.4 is 10.8 Å². The first kappa shape index (κ1) is 38.7. The Morgan fingerprint density at radius 3 is 2.11 bits per heavy atom. The van der Waals surface area contributed by atoms with Crippen molar-refractivity contribution in [1.82, 2.24) is 15.8 Å². The molecule has 0 bridgehead atoms. The number of hydroxylamine groups is 1. The highest BCUT2D eigenvalue weighted by atomic mass is 32.2. The minimum atomic E-state index is -0.625. The molecule has 11 heteroatoms. The standard InChI is InChI=1S/C45H43N3O7S/c49-28-30-17-19-33(20-18-30)39-26-38(29-56-45-47-42(34-10-3-1-4-11-34)43(55-45)35-12-5-2-6-13-35)53-44(54-39)36-23-21-32(22-24-36)37-14-7-9-31(25-37)27-46-40(50)15-8-16-41(51)48-52/h1-7,9-14,17-25,38-39,44,49,52H,8,15-16,26-29H2,(H,46,50)(H,48,51)/t38-,39+,44+/m0/s1. The third-order valence-corrected chi connectivity index (χ3v) is 10.5. The highest BCUT2D eigenvalue weighted by Gasteiger charge is 2.33. The van der Waals surface area contributed by atoms with Crippen LogP contribution in [0.15, 0.2) is 143 Å². The van der Waals surface area contributed by atoms with Gasteiger partial charge < -0.3 is 24.3 Å². The molecule has 0 aliphatic carbocycles. The lowest BCUT2D eigenvalue weighted by atomic mass is 9.99. The number of oxazole rings is 1. The van der Waals surface area contributed by atoms with Crippen molar-refractivity contribution in [2.24, 2.45) is 0 Å². The molecule has 0 radical (unpaired) electrons. The van der Waals surface area contributed by atoms with Crippen LogP contribution in [0.5, 0.6) is 0 Å². The van der Waals surface area contributed by atoms with Crippen molar-refractivity contribution in [1.29, 1.82) is 0 Å². The summed E-state index contributed by atoms with van der Waals surface area (Å²) in [6, 6.07) is 44.0. The quantitative estimate of drug-likeness (QED) is 0.0458. The number of nitrogens with one attached hydrogen (secondary N) is 2. The molecule has 56 heavy (non-hydrogen) atoms. The predicted octanol–water partition coefficient (Wildman–Crippen LogP) is 8.80. The van der Waals surface area contributed by atoms with Crippen LogP contribution in [0.1, 0.15) is 60.3 Å². The zero-order chi connectivity index (χ0) is 38.7. The summed E-state index contributed by atoms with van der Waals surface area (Å²) in [7, 11) is 0. The van der Waals surface area contributed by atoms with Crippen LogP contribution in [0.3, 0.4) is 0 Å². The number of aromatic nitrogens is 1. The summed E-state index contributed by atoms with van der Waals surface area (Å²) in [5.41, 5.74) is 9.99. The van der Waals surface area contributed by atoms with Gasteiger partial charge in [-0.15, -0.1) is 0 Å². The summed E-state index contributed by atoms with van der Waals surface area (Å²) in [4.78, 5) is 28.4. The minimum absolute atomic E-state index is 0.0276. The van der Waals surface area contributed by atoms with Crippen LogP contribution >= 0.6 is 11.8 Å². The Labute approximate surface area is 329 Å². The fourth-order valence-electron chi connectivity index (χ4n) is 6.57. The molecule has 1 aliphatic heterocycles. The van der Waals surface area contributed by atoms with E-state index in [1.165, 1.54) is 11.8 Å². The lowest BCUT2D eigenvalue weighted by Gasteiger charge is -2.36. The van der Waals surface area contributed by atoms with Crippen molar-refractivity contribution < 1.29 is 33.8 Å². The van der Waals surface area contributed by atoms with Gasteiger partial charge in [0.25, 0.3) is 5.22 Å². The Morgan fingerprint density at radius 1 is 0.714 bits per heavy atom. The molecule has 286 valence electrons. The molecule has 4 N–H and O–H groups in total. The second-order valence-electron chi connectivity index (χ2n) is 13.5. The first-order valence-electron chi connectivity index (χ1n) is 18.6. The summed E-state index contributed by atoms with van der Waals surface area (Å²) in [6.45, 7) is 0.329. The molecule has 1 aliphatic rings. The van der Waals surface area contributed by atoms with E-state index in [0.29, 0.717) is 30.4 Å². The largest absolute Gasteiger partial charge is 0.431 e. The molecule has 1 fully saturated rings. The van der Waals surface area contributed by atoms with Crippen LogP contribution in [0.4, 0.5) is 0 Å². The number of thioether (sulfide) groups is 1. The summed E-state index contributed by atoms with van der Waals surface area (Å²) in [6.07, 6.45) is 0.194. The van der Waals surface area contributed by atoms with Crippen molar-refractivity contribution in [3.63, 3.8) is 0 Å². The van der Waals surface area contributed by atoms with E-state index in [0.717, 1.165) is 56.0 Å². The number of carbonyl (C=O) groups is 2. The summed E-state index contributed by atoms with van der Waals surface area (Å²) < 4.78 is 19.7. The molecular formula is C45H43N3O7S. The second-order valence-corrected chi connectivity index (χ2v) is 14.5. The predicted molar refractivity (Wildman–Crippen MR) is 214 cm³/mol. The van der Waals surface area contributed by atoms with E-state index in [2.05, 4.69) is 5.32 Å². The number of carbonyl (C=O) groups excluding carboxylic acids is 2. The van der Waals surface area contributed by atoms with Crippen LogP contribution in [0, 0.1) is 0 Å². The topological polar surface area (TPSA) is 143 Å². The number of rotatable bonds is 15. The first-order chi connectivity index (χ1) is 27.4. The van der Waals surface area contributed by atoms with E-state index in [9.17, 15) is 14.7 Å². The maximum absolute atomic E-state index is 12.3. The molecule has 0 spiro atoms. The van der Waals surface area contributed by atoms with E-state index < -0.39 is 12.2 Å². The van der Waals surface area contributed by atoms with Crippen molar-refractivity contribution in [2.75, 3.05) is 5.75 Å². The van der Waals surface area contributed by atoms with Crippen LogP contribution in [0.2, 0.25) is 0 Å². The van der Waals surface area contributed by atoms with Gasteiger partial charge in [0.2, 0.25) is 11.8 Å². The van der Waals surface area contributed by atoms with E-state index in [-0.39, 0.29) is 37.6 Å². The number of ether oxygens (including phenoxy) is 2. The molecular weight excluding hydrogens is 727 g/mol. The lowest BCUT2D eigenvalue weighted by molar-refractivity contribution is -0.245. The Hall–Kier alpha value is -5.56. The highest BCUT2D eigenvalue weighted by Crippen LogP contribution is 2.41. The molecule has 10 nitrogen and oxygen atoms in total. The van der Waals surface area contributed by atoms with Gasteiger partial charge in [0.1, 0.15) is 5.69 Å². The van der Waals surface area contributed by atoms with E-state index in [1.807, 2.05) is 133 Å². The molecule has 7 rings (SSSR count). The number of amides is 2. The number of benzene rings is 5. The number of nitrogens with zero attached hydrogens (tertiary/aromatic N) is 1. The molecule has 3 atom stereocenters. The van der Waals surface area contributed by atoms with Crippen molar-refractivity contribution in [2.45, 2.75) is 62.6 Å². The SMILES string of the molecule is O=C(CCCC(=O)NCc1cccc(-c2ccc([C@@H]3O[C@H](CSc4nc(-c5ccccc5)c(-c5ccccc5)o4)C[C@H](c4ccc(CO)cc4)O3)cc2)c1)NO. The highest BCUT2D eigenvalue weighted by molar-refractivity contribution is 7.99. The van der Waals surface area contributed by atoms with Gasteiger partial charge in [-0.05, 0) is 40.3 Å². The van der Waals surface area contributed by atoms with Gasteiger partial charge in [-0.25, -0.2) is 10.5 Å². The molecule has 5 aromatic carbocycles. The summed E-state index contributed by atoms with van der Waals surface area (Å²) in [5, 5.41) is 21.7. The number of aliphatic hydroxyl groups is 1. The summed E-state index contributed by atoms with van der Waals surface area (Å²) >= 11 is 1.52. The Balaban J connectivity index is 1.05. The van der Waals surface area contributed by atoms with Crippen molar-refractivity contribution in [3.05, 3.63) is 156 Å². The van der Waals surface area contributed by atoms with Gasteiger partial charge in [-0.1, -0.05) is 139 Å². The van der Waals surface area contributed by atoms with Gasteiger partial charge in [0.05, 0.1) is 18.8 Å². The molecule has 0 saturated carbocycles. The molecule has 2 heterocycles. The summed E-state index contributed by atoms with van der Waals surface area (Å²) in [5.74, 6) is 0.646. The Kier molecular flexibility index (Phi) is 13.0. The maximum Gasteiger partial charge on any atom is 0.256 e. The van der Waals surface area contributed by atoms with Crippen molar-refractivity contribution in [3.8, 4) is 33.7 Å². The number of hydrogen-bond donors (Lipinski definition) is 4. The van der Waals surface area contributed by atoms with E-state index in [1.54, 1.807) is 5.48 Å². The fraction of sp³-hybridized carbons (Fsp3) is 0.222. The van der Waals surface area contributed by atoms with Gasteiger partial charge in [0, 0.05) is 48.3 Å². The maximum atomic E-state index is 12.3. The Morgan fingerprint density at radius 2 is 1.39 bits per heavy atom. The monoisotopic (exact) mass is 769 g/mol.